The molecule has 0 amide bonds. The molecule has 1 N–H and O–H groups in total. The minimum absolute atomic E-state index is 0.0687. The normalized spacial score (nSPS) is 25.1. The second kappa shape index (κ2) is 6.53. The van der Waals surface area contributed by atoms with Crippen LogP contribution in [-0.4, -0.2) is 53.7 Å². The molecule has 0 radical (unpaired) electrons. The number of nitrogens with zero attached hydrogens (tertiary/aromatic N) is 2. The van der Waals surface area contributed by atoms with E-state index in [-0.39, 0.29) is 6.61 Å². The predicted octanol–water partition coefficient (Wildman–Crippen LogP) is 1.62. The Morgan fingerprint density at radius 2 is 2.00 bits per heavy atom. The quantitative estimate of drug-likeness (QED) is 0.833. The average Bonchev–Trinajstić information content (AvgIpc) is 2.81. The van der Waals surface area contributed by atoms with Gasteiger partial charge in [0.25, 0.3) is 0 Å². The van der Waals surface area contributed by atoms with Crippen LogP contribution in [0.4, 0.5) is 0 Å². The maximum Gasteiger partial charge on any atom is 0.104 e. The maximum absolute atomic E-state index is 8.70. The minimum Gasteiger partial charge on any atom is -0.384 e. The molecule has 0 aromatic carbocycles. The fraction of sp³-hybridized carbons (Fsp3) is 0.600. The first-order valence-electron chi connectivity index (χ1n) is 6.73. The molecule has 2 atom stereocenters. The minimum atomic E-state index is -0.0687. The number of hydrogen-bond acceptors (Lipinski definition) is 4. The Labute approximate surface area is 119 Å². The van der Waals surface area contributed by atoms with Gasteiger partial charge >= 0.3 is 0 Å². The Balaban J connectivity index is 1.96. The smallest absolute Gasteiger partial charge is 0.104 e. The monoisotopic (exact) mass is 278 g/mol. The second-order valence-corrected chi connectivity index (χ2v) is 6.45. The van der Waals surface area contributed by atoms with Gasteiger partial charge in [-0.1, -0.05) is 11.8 Å². The molecule has 1 aromatic heterocycles. The summed E-state index contributed by atoms with van der Waals surface area (Å²) in [4.78, 5) is 7.36. The molecule has 0 aliphatic carbocycles. The summed E-state index contributed by atoms with van der Waals surface area (Å²) in [6.07, 6.45) is 0. The molecule has 1 aliphatic heterocycles. The van der Waals surface area contributed by atoms with Gasteiger partial charge in [0.05, 0.1) is 4.88 Å². The SMILES string of the molecule is CC1CN(Cc2ccc(C#CCO)s2)CC(C)N1C. The van der Waals surface area contributed by atoms with Gasteiger partial charge in [-0.2, -0.15) is 0 Å². The van der Waals surface area contributed by atoms with E-state index < -0.39 is 0 Å². The van der Waals surface area contributed by atoms with Crippen LogP contribution in [0.3, 0.4) is 0 Å². The van der Waals surface area contributed by atoms with Crippen molar-refractivity contribution in [2.75, 3.05) is 26.7 Å². The van der Waals surface area contributed by atoms with Gasteiger partial charge in [0.2, 0.25) is 0 Å². The number of hydrogen-bond donors (Lipinski definition) is 1. The number of thiophene rings is 1. The van der Waals surface area contributed by atoms with Gasteiger partial charge in [-0.15, -0.1) is 11.3 Å². The van der Waals surface area contributed by atoms with Crippen LogP contribution in [0.1, 0.15) is 23.6 Å². The van der Waals surface area contributed by atoms with E-state index in [4.69, 9.17) is 5.11 Å². The van der Waals surface area contributed by atoms with Crippen LogP contribution < -0.4 is 0 Å². The molecular weight excluding hydrogens is 256 g/mol. The van der Waals surface area contributed by atoms with Crippen molar-refractivity contribution in [3.8, 4) is 11.8 Å². The van der Waals surface area contributed by atoms with Crippen molar-refractivity contribution in [3.05, 3.63) is 21.9 Å². The Bertz CT molecular complexity index is 462. The van der Waals surface area contributed by atoms with Crippen LogP contribution in [0.25, 0.3) is 0 Å². The standard InChI is InChI=1S/C15H22N2OS/c1-12-9-17(10-13(2)16(12)3)11-15-7-6-14(19-15)5-4-8-18/h6-7,12-13,18H,8-11H2,1-3H3. The van der Waals surface area contributed by atoms with E-state index in [9.17, 15) is 0 Å². The van der Waals surface area contributed by atoms with Crippen molar-refractivity contribution in [2.24, 2.45) is 0 Å². The van der Waals surface area contributed by atoms with Gasteiger partial charge in [0.15, 0.2) is 0 Å². The number of piperazine rings is 1. The topological polar surface area (TPSA) is 26.7 Å². The highest BCUT2D eigenvalue weighted by Crippen LogP contribution is 2.20. The van der Waals surface area contributed by atoms with Crippen molar-refractivity contribution in [2.45, 2.75) is 32.5 Å². The molecule has 2 unspecified atom stereocenters. The largest absolute Gasteiger partial charge is 0.384 e. The van der Waals surface area contributed by atoms with Gasteiger partial charge < -0.3 is 5.11 Å². The number of aliphatic hydroxyl groups excluding tert-OH is 1. The Morgan fingerprint density at radius 3 is 2.63 bits per heavy atom. The van der Waals surface area contributed by atoms with Crippen LogP contribution >= 0.6 is 11.3 Å². The highest BCUT2D eigenvalue weighted by molar-refractivity contribution is 7.12. The average molecular weight is 278 g/mol. The molecule has 104 valence electrons. The lowest BCUT2D eigenvalue weighted by Crippen LogP contribution is -2.54. The van der Waals surface area contributed by atoms with Crippen molar-refractivity contribution >= 4 is 11.3 Å². The first kappa shape index (κ1) is 14.5. The molecule has 0 spiro atoms. The van der Waals surface area contributed by atoms with Crippen LogP contribution in [0.5, 0.6) is 0 Å². The van der Waals surface area contributed by atoms with Crippen LogP contribution in [0.15, 0.2) is 12.1 Å². The lowest BCUT2D eigenvalue weighted by molar-refractivity contribution is 0.0562. The highest BCUT2D eigenvalue weighted by atomic mass is 32.1. The first-order chi connectivity index (χ1) is 9.10. The van der Waals surface area contributed by atoms with E-state index in [1.165, 1.54) is 4.88 Å². The summed E-state index contributed by atoms with van der Waals surface area (Å²) in [5.74, 6) is 5.67. The third-order valence-corrected chi connectivity index (χ3v) is 4.75. The summed E-state index contributed by atoms with van der Waals surface area (Å²) < 4.78 is 0. The molecule has 1 aliphatic rings. The molecule has 0 bridgehead atoms. The molecule has 1 aromatic rings. The Hall–Kier alpha value is -0.860. The number of aliphatic hydroxyl groups is 1. The first-order valence-corrected chi connectivity index (χ1v) is 7.54. The van der Waals surface area contributed by atoms with E-state index >= 15 is 0 Å². The van der Waals surface area contributed by atoms with Crippen molar-refractivity contribution in [1.82, 2.24) is 9.80 Å². The third kappa shape index (κ3) is 3.80. The summed E-state index contributed by atoms with van der Waals surface area (Å²) in [6.45, 7) is 7.76. The van der Waals surface area contributed by atoms with E-state index in [0.717, 1.165) is 24.5 Å². The number of rotatable bonds is 2. The van der Waals surface area contributed by atoms with E-state index in [1.807, 2.05) is 6.07 Å². The van der Waals surface area contributed by atoms with E-state index in [0.29, 0.717) is 12.1 Å². The van der Waals surface area contributed by atoms with E-state index in [2.05, 4.69) is 48.6 Å². The molecule has 1 fully saturated rings. The van der Waals surface area contributed by atoms with Gasteiger partial charge in [0.1, 0.15) is 6.61 Å². The van der Waals surface area contributed by atoms with Crippen molar-refractivity contribution in [3.63, 3.8) is 0 Å². The maximum atomic E-state index is 8.70. The fourth-order valence-electron chi connectivity index (χ4n) is 2.52. The van der Waals surface area contributed by atoms with Gasteiger partial charge in [0, 0.05) is 36.6 Å². The number of likely N-dealkylation sites (N-methyl/N-ethyl adjacent to an activating group) is 1. The lowest BCUT2D eigenvalue weighted by atomic mass is 10.1. The molecule has 1 saturated heterocycles. The van der Waals surface area contributed by atoms with Crippen LogP contribution in [0, 0.1) is 11.8 Å². The Kier molecular flexibility index (Phi) is 5.00. The summed E-state index contributed by atoms with van der Waals surface area (Å²) in [6, 6.07) is 5.42. The summed E-state index contributed by atoms with van der Waals surface area (Å²) in [5.41, 5.74) is 0. The zero-order valence-electron chi connectivity index (χ0n) is 11.9. The van der Waals surface area contributed by atoms with Crippen LogP contribution in [0.2, 0.25) is 0 Å². The fourth-order valence-corrected chi connectivity index (χ4v) is 3.45. The lowest BCUT2D eigenvalue weighted by Gasteiger charge is -2.42. The van der Waals surface area contributed by atoms with Gasteiger partial charge in [-0.3, -0.25) is 9.80 Å². The predicted molar refractivity (Wildman–Crippen MR) is 80.2 cm³/mol. The van der Waals surface area contributed by atoms with Crippen LogP contribution in [-0.2, 0) is 6.54 Å². The molecule has 3 nitrogen and oxygen atoms in total. The second-order valence-electron chi connectivity index (χ2n) is 5.28. The summed E-state index contributed by atoms with van der Waals surface area (Å²) in [7, 11) is 2.21. The summed E-state index contributed by atoms with van der Waals surface area (Å²) >= 11 is 1.73. The van der Waals surface area contributed by atoms with Gasteiger partial charge in [-0.05, 0) is 33.0 Å². The molecule has 4 heteroatoms. The molecular formula is C15H22N2OS. The zero-order chi connectivity index (χ0) is 13.8. The molecule has 0 saturated carbocycles. The molecule has 2 heterocycles. The Morgan fingerprint density at radius 1 is 1.32 bits per heavy atom. The summed E-state index contributed by atoms with van der Waals surface area (Å²) in [5, 5.41) is 8.70. The van der Waals surface area contributed by atoms with E-state index in [1.54, 1.807) is 11.3 Å². The van der Waals surface area contributed by atoms with Crippen molar-refractivity contribution in [1.29, 1.82) is 0 Å². The third-order valence-electron chi connectivity index (χ3n) is 3.77. The molecule has 2 rings (SSSR count). The zero-order valence-corrected chi connectivity index (χ0v) is 12.7. The molecule has 19 heavy (non-hydrogen) atoms. The highest BCUT2D eigenvalue weighted by Gasteiger charge is 2.26. The van der Waals surface area contributed by atoms with Crippen molar-refractivity contribution < 1.29 is 5.11 Å². The van der Waals surface area contributed by atoms with Gasteiger partial charge in [-0.25, -0.2) is 0 Å².